The van der Waals surface area contributed by atoms with Crippen LogP contribution in [-0.2, 0) is 11.2 Å². The molecule has 2 aliphatic heterocycles. The summed E-state index contributed by atoms with van der Waals surface area (Å²) in [5, 5.41) is 13.8. The number of aromatic nitrogens is 2. The highest BCUT2D eigenvalue weighted by Gasteiger charge is 2.32. The molecule has 3 rings (SSSR count). The maximum Gasteiger partial charge on any atom is 0.233 e. The van der Waals surface area contributed by atoms with E-state index >= 15 is 0 Å². The summed E-state index contributed by atoms with van der Waals surface area (Å²) < 4.78 is 10.6. The van der Waals surface area contributed by atoms with Gasteiger partial charge in [-0.1, -0.05) is 5.16 Å². The van der Waals surface area contributed by atoms with E-state index in [1.54, 1.807) is 11.8 Å². The molecular formula is C11H16N2O3S. The van der Waals surface area contributed by atoms with E-state index in [-0.39, 0.29) is 12.0 Å². The van der Waals surface area contributed by atoms with Crippen LogP contribution in [0.25, 0.3) is 0 Å². The molecule has 2 aliphatic rings. The van der Waals surface area contributed by atoms with E-state index in [2.05, 4.69) is 10.1 Å². The Bertz CT molecular complexity index is 379. The van der Waals surface area contributed by atoms with Crippen LogP contribution in [0.5, 0.6) is 0 Å². The van der Waals surface area contributed by atoms with Gasteiger partial charge in [0.1, 0.15) is 0 Å². The highest BCUT2D eigenvalue weighted by atomic mass is 32.2. The standard InChI is InChI=1S/C11H16N2O3S/c14-9-6-17-5-8(9)11-12-10(13-16-11)3-7-1-2-15-4-7/h7-9,14H,1-6H2. The monoisotopic (exact) mass is 256 g/mol. The topological polar surface area (TPSA) is 68.4 Å². The molecule has 2 saturated heterocycles. The van der Waals surface area contributed by atoms with Gasteiger partial charge in [-0.3, -0.25) is 0 Å². The lowest BCUT2D eigenvalue weighted by atomic mass is 10.0. The molecule has 0 aliphatic carbocycles. The number of aliphatic hydroxyl groups excluding tert-OH is 1. The fraction of sp³-hybridized carbons (Fsp3) is 0.818. The zero-order valence-electron chi connectivity index (χ0n) is 9.54. The summed E-state index contributed by atoms with van der Waals surface area (Å²) in [4.78, 5) is 4.40. The molecule has 0 radical (unpaired) electrons. The Morgan fingerprint density at radius 3 is 3.06 bits per heavy atom. The van der Waals surface area contributed by atoms with Crippen molar-refractivity contribution in [1.29, 1.82) is 0 Å². The van der Waals surface area contributed by atoms with E-state index in [0.29, 0.717) is 11.8 Å². The third kappa shape index (κ3) is 2.48. The Balaban J connectivity index is 1.65. The Kier molecular flexibility index (Phi) is 3.35. The Morgan fingerprint density at radius 1 is 1.41 bits per heavy atom. The summed E-state index contributed by atoms with van der Waals surface area (Å²) in [5.41, 5.74) is 0. The van der Waals surface area contributed by atoms with Gasteiger partial charge in [0.25, 0.3) is 0 Å². The molecular weight excluding hydrogens is 240 g/mol. The van der Waals surface area contributed by atoms with Gasteiger partial charge in [0.15, 0.2) is 5.82 Å². The summed E-state index contributed by atoms with van der Waals surface area (Å²) in [7, 11) is 0. The second kappa shape index (κ2) is 4.96. The molecule has 3 heterocycles. The molecule has 1 N–H and O–H groups in total. The zero-order valence-corrected chi connectivity index (χ0v) is 10.4. The van der Waals surface area contributed by atoms with Crippen LogP contribution in [0.3, 0.4) is 0 Å². The highest BCUT2D eigenvalue weighted by Crippen LogP contribution is 2.32. The first-order chi connectivity index (χ1) is 8.33. The third-order valence-electron chi connectivity index (χ3n) is 3.35. The van der Waals surface area contributed by atoms with Gasteiger partial charge < -0.3 is 14.4 Å². The molecule has 3 atom stereocenters. The summed E-state index contributed by atoms with van der Waals surface area (Å²) >= 11 is 1.73. The smallest absolute Gasteiger partial charge is 0.233 e. The van der Waals surface area contributed by atoms with Crippen LogP contribution in [0.1, 0.15) is 24.1 Å². The normalized spacial score (nSPS) is 33.4. The first-order valence-electron chi connectivity index (χ1n) is 5.99. The van der Waals surface area contributed by atoms with E-state index in [4.69, 9.17) is 9.26 Å². The quantitative estimate of drug-likeness (QED) is 0.864. The lowest BCUT2D eigenvalue weighted by Gasteiger charge is -2.06. The summed E-state index contributed by atoms with van der Waals surface area (Å²) in [5.74, 6) is 3.51. The number of hydrogen-bond donors (Lipinski definition) is 1. The predicted molar refractivity (Wildman–Crippen MR) is 63.0 cm³/mol. The van der Waals surface area contributed by atoms with E-state index in [1.807, 2.05) is 0 Å². The van der Waals surface area contributed by atoms with Gasteiger partial charge in [-0.2, -0.15) is 16.7 Å². The Hall–Kier alpha value is -0.590. The maximum atomic E-state index is 9.77. The number of aliphatic hydroxyl groups is 1. The number of rotatable bonds is 3. The van der Waals surface area contributed by atoms with Crippen molar-refractivity contribution in [3.63, 3.8) is 0 Å². The minimum absolute atomic E-state index is 0.0149. The largest absolute Gasteiger partial charge is 0.391 e. The minimum Gasteiger partial charge on any atom is -0.391 e. The van der Waals surface area contributed by atoms with Crippen molar-refractivity contribution < 1.29 is 14.4 Å². The number of nitrogens with zero attached hydrogens (tertiary/aromatic N) is 2. The fourth-order valence-electron chi connectivity index (χ4n) is 2.28. The van der Waals surface area contributed by atoms with Crippen molar-refractivity contribution in [2.24, 2.45) is 5.92 Å². The average molecular weight is 256 g/mol. The van der Waals surface area contributed by atoms with E-state index < -0.39 is 0 Å². The minimum atomic E-state index is -0.344. The number of thioether (sulfide) groups is 1. The first-order valence-corrected chi connectivity index (χ1v) is 7.14. The van der Waals surface area contributed by atoms with Gasteiger partial charge in [0.05, 0.1) is 12.0 Å². The van der Waals surface area contributed by atoms with E-state index in [9.17, 15) is 5.11 Å². The third-order valence-corrected chi connectivity index (χ3v) is 4.52. The molecule has 1 aromatic heterocycles. The second-order valence-electron chi connectivity index (χ2n) is 4.69. The molecule has 0 aromatic carbocycles. The van der Waals surface area contributed by atoms with Crippen molar-refractivity contribution in [2.45, 2.75) is 24.9 Å². The van der Waals surface area contributed by atoms with Gasteiger partial charge >= 0.3 is 0 Å². The van der Waals surface area contributed by atoms with Gasteiger partial charge in [0, 0.05) is 31.1 Å². The summed E-state index contributed by atoms with van der Waals surface area (Å²) in [6, 6.07) is 0. The van der Waals surface area contributed by atoms with Crippen LogP contribution in [0.4, 0.5) is 0 Å². The van der Waals surface area contributed by atoms with Crippen LogP contribution >= 0.6 is 11.8 Å². The molecule has 17 heavy (non-hydrogen) atoms. The molecule has 1 aromatic rings. The summed E-state index contributed by atoms with van der Waals surface area (Å²) in [6.45, 7) is 1.64. The van der Waals surface area contributed by atoms with Crippen molar-refractivity contribution in [3.8, 4) is 0 Å². The van der Waals surface area contributed by atoms with Gasteiger partial charge in [0.2, 0.25) is 5.89 Å². The van der Waals surface area contributed by atoms with Crippen LogP contribution in [0, 0.1) is 5.92 Å². The molecule has 2 fully saturated rings. The van der Waals surface area contributed by atoms with E-state index in [1.165, 1.54) is 0 Å². The van der Waals surface area contributed by atoms with Crippen LogP contribution in [0.15, 0.2) is 4.52 Å². The highest BCUT2D eigenvalue weighted by molar-refractivity contribution is 7.99. The summed E-state index contributed by atoms with van der Waals surface area (Å²) in [6.07, 6.45) is 1.55. The molecule has 0 amide bonds. The first kappa shape index (κ1) is 11.5. The Morgan fingerprint density at radius 2 is 2.35 bits per heavy atom. The molecule has 3 unspecified atom stereocenters. The molecule has 0 spiro atoms. The lowest BCUT2D eigenvalue weighted by Crippen LogP contribution is -2.16. The predicted octanol–water partition coefficient (Wildman–Crippen LogP) is 0.840. The molecule has 0 bridgehead atoms. The SMILES string of the molecule is OC1CSCC1c1nc(CC2CCOC2)no1. The van der Waals surface area contributed by atoms with Crippen LogP contribution in [0.2, 0.25) is 0 Å². The van der Waals surface area contributed by atoms with Gasteiger partial charge in [-0.15, -0.1) is 0 Å². The Labute approximate surface area is 104 Å². The second-order valence-corrected chi connectivity index (χ2v) is 5.77. The van der Waals surface area contributed by atoms with E-state index in [0.717, 1.165) is 43.4 Å². The van der Waals surface area contributed by atoms with Crippen molar-refractivity contribution in [1.82, 2.24) is 10.1 Å². The van der Waals surface area contributed by atoms with Crippen LogP contribution < -0.4 is 0 Å². The lowest BCUT2D eigenvalue weighted by molar-refractivity contribution is 0.164. The number of ether oxygens (including phenoxy) is 1. The number of hydrogen-bond acceptors (Lipinski definition) is 6. The van der Waals surface area contributed by atoms with Crippen molar-refractivity contribution in [3.05, 3.63) is 11.7 Å². The average Bonchev–Trinajstić information content (AvgIpc) is 3.00. The van der Waals surface area contributed by atoms with Crippen LogP contribution in [-0.4, -0.2) is 46.1 Å². The molecule has 94 valence electrons. The van der Waals surface area contributed by atoms with Gasteiger partial charge in [-0.05, 0) is 12.3 Å². The molecule has 5 nitrogen and oxygen atoms in total. The maximum absolute atomic E-state index is 9.77. The van der Waals surface area contributed by atoms with Gasteiger partial charge in [-0.25, -0.2) is 0 Å². The molecule has 0 saturated carbocycles. The molecule has 6 heteroatoms. The van der Waals surface area contributed by atoms with Crippen molar-refractivity contribution >= 4 is 11.8 Å². The van der Waals surface area contributed by atoms with Crippen molar-refractivity contribution in [2.75, 3.05) is 24.7 Å². The fourth-order valence-corrected chi connectivity index (χ4v) is 3.51. The zero-order chi connectivity index (χ0) is 11.7.